The first-order valence-corrected chi connectivity index (χ1v) is 8.25. The van der Waals surface area contributed by atoms with Crippen molar-refractivity contribution in [2.75, 3.05) is 0 Å². The quantitative estimate of drug-likeness (QED) is 0.794. The van der Waals surface area contributed by atoms with Crippen molar-refractivity contribution in [2.24, 2.45) is 18.9 Å². The normalized spacial score (nSPS) is 18.4. The molecule has 23 heavy (non-hydrogen) atoms. The lowest BCUT2D eigenvalue weighted by molar-refractivity contribution is -0.115. The molecule has 1 unspecified atom stereocenters. The third-order valence-electron chi connectivity index (χ3n) is 4.90. The molecule has 4 nitrogen and oxygen atoms in total. The van der Waals surface area contributed by atoms with E-state index in [1.54, 1.807) is 6.08 Å². The Morgan fingerprint density at radius 1 is 1.30 bits per heavy atom. The SMILES string of the molecule is Cn1c(C(C#N)C(=O)C=C(C2CC2)C2CC2)nc2ccccc21. The van der Waals surface area contributed by atoms with Gasteiger partial charge in [-0.3, -0.25) is 4.79 Å². The van der Waals surface area contributed by atoms with Gasteiger partial charge in [-0.2, -0.15) is 5.26 Å². The highest BCUT2D eigenvalue weighted by atomic mass is 16.1. The van der Waals surface area contributed by atoms with Crippen LogP contribution in [0.15, 0.2) is 35.9 Å². The van der Waals surface area contributed by atoms with Crippen molar-refractivity contribution >= 4 is 16.8 Å². The van der Waals surface area contributed by atoms with Gasteiger partial charge in [0.2, 0.25) is 0 Å². The summed E-state index contributed by atoms with van der Waals surface area (Å²) in [5, 5.41) is 9.57. The summed E-state index contributed by atoms with van der Waals surface area (Å²) in [6, 6.07) is 9.89. The van der Waals surface area contributed by atoms with Crippen LogP contribution in [0.5, 0.6) is 0 Å². The first-order valence-electron chi connectivity index (χ1n) is 8.25. The topological polar surface area (TPSA) is 58.7 Å². The molecule has 0 bridgehead atoms. The number of rotatable bonds is 5. The zero-order valence-corrected chi connectivity index (χ0v) is 13.2. The van der Waals surface area contributed by atoms with Crippen molar-refractivity contribution in [1.82, 2.24) is 9.55 Å². The smallest absolute Gasteiger partial charge is 0.180 e. The van der Waals surface area contributed by atoms with E-state index >= 15 is 0 Å². The average molecular weight is 305 g/mol. The number of nitriles is 1. The largest absolute Gasteiger partial charge is 0.330 e. The summed E-state index contributed by atoms with van der Waals surface area (Å²) in [5.41, 5.74) is 3.06. The van der Waals surface area contributed by atoms with Gasteiger partial charge in [0.15, 0.2) is 11.7 Å². The van der Waals surface area contributed by atoms with Crippen molar-refractivity contribution in [3.8, 4) is 6.07 Å². The van der Waals surface area contributed by atoms with Crippen molar-refractivity contribution < 1.29 is 4.79 Å². The maximum absolute atomic E-state index is 12.7. The molecule has 2 saturated carbocycles. The van der Waals surface area contributed by atoms with Crippen molar-refractivity contribution in [1.29, 1.82) is 5.26 Å². The number of aryl methyl sites for hydroxylation is 1. The minimum Gasteiger partial charge on any atom is -0.330 e. The Morgan fingerprint density at radius 2 is 1.96 bits per heavy atom. The summed E-state index contributed by atoms with van der Waals surface area (Å²) in [4.78, 5) is 17.2. The molecule has 0 spiro atoms. The lowest BCUT2D eigenvalue weighted by Gasteiger charge is -2.08. The summed E-state index contributed by atoms with van der Waals surface area (Å²) in [6.45, 7) is 0. The molecule has 0 aliphatic heterocycles. The number of allylic oxidation sites excluding steroid dienone is 2. The Hall–Kier alpha value is -2.41. The summed E-state index contributed by atoms with van der Waals surface area (Å²) < 4.78 is 1.86. The number of hydrogen-bond acceptors (Lipinski definition) is 3. The molecule has 0 N–H and O–H groups in total. The van der Waals surface area contributed by atoms with Crippen LogP contribution in [0.2, 0.25) is 0 Å². The molecule has 0 radical (unpaired) electrons. The van der Waals surface area contributed by atoms with Gasteiger partial charge in [-0.25, -0.2) is 4.98 Å². The molecule has 2 aromatic rings. The summed E-state index contributed by atoms with van der Waals surface area (Å²) in [6.07, 6.45) is 6.54. The third kappa shape index (κ3) is 2.57. The number of imidazole rings is 1. The van der Waals surface area contributed by atoms with Crippen molar-refractivity contribution in [3.63, 3.8) is 0 Å². The third-order valence-corrected chi connectivity index (χ3v) is 4.90. The lowest BCUT2D eigenvalue weighted by Crippen LogP contribution is -2.14. The van der Waals surface area contributed by atoms with E-state index in [0.29, 0.717) is 17.7 Å². The Bertz CT molecular complexity index is 833. The average Bonchev–Trinajstić information content (AvgIpc) is 3.46. The van der Waals surface area contributed by atoms with Gasteiger partial charge in [0.05, 0.1) is 17.1 Å². The van der Waals surface area contributed by atoms with Gasteiger partial charge in [0, 0.05) is 7.05 Å². The van der Waals surface area contributed by atoms with E-state index in [1.807, 2.05) is 35.9 Å². The van der Waals surface area contributed by atoms with Crippen LogP contribution in [-0.4, -0.2) is 15.3 Å². The molecule has 1 atom stereocenters. The number of benzene rings is 1. The molecular formula is C19H19N3O. The highest BCUT2D eigenvalue weighted by molar-refractivity contribution is 5.98. The Balaban J connectivity index is 1.70. The monoisotopic (exact) mass is 305 g/mol. The number of hydrogen-bond donors (Lipinski definition) is 0. The lowest BCUT2D eigenvalue weighted by atomic mass is 9.98. The number of ketones is 1. The van der Waals surface area contributed by atoms with Crippen LogP contribution in [-0.2, 0) is 11.8 Å². The second-order valence-electron chi connectivity index (χ2n) is 6.68. The number of carbonyl (C=O) groups excluding carboxylic acids is 1. The molecule has 116 valence electrons. The fraction of sp³-hybridized carbons (Fsp3) is 0.421. The first kappa shape index (κ1) is 14.2. The van der Waals surface area contributed by atoms with Crippen molar-refractivity contribution in [3.05, 3.63) is 41.7 Å². The number of nitrogens with zero attached hydrogens (tertiary/aromatic N) is 3. The van der Waals surface area contributed by atoms with E-state index in [9.17, 15) is 10.1 Å². The number of para-hydroxylation sites is 2. The molecule has 2 fully saturated rings. The van der Waals surface area contributed by atoms with Crippen LogP contribution in [0.4, 0.5) is 0 Å². The Morgan fingerprint density at radius 3 is 2.52 bits per heavy atom. The first-order chi connectivity index (χ1) is 11.2. The van der Waals surface area contributed by atoms with Crippen LogP contribution in [0.3, 0.4) is 0 Å². The van der Waals surface area contributed by atoms with Crippen LogP contribution < -0.4 is 0 Å². The van der Waals surface area contributed by atoms with Gasteiger partial charge in [-0.05, 0) is 55.7 Å². The van der Waals surface area contributed by atoms with E-state index in [-0.39, 0.29) is 5.78 Å². The van der Waals surface area contributed by atoms with E-state index < -0.39 is 5.92 Å². The van der Waals surface area contributed by atoms with E-state index in [1.165, 1.54) is 31.3 Å². The van der Waals surface area contributed by atoms with Gasteiger partial charge < -0.3 is 4.57 Å². The summed E-state index contributed by atoms with van der Waals surface area (Å²) in [5.74, 6) is 0.790. The van der Waals surface area contributed by atoms with Crippen LogP contribution >= 0.6 is 0 Å². The number of fused-ring (bicyclic) bond motifs is 1. The van der Waals surface area contributed by atoms with Crippen LogP contribution in [0, 0.1) is 23.2 Å². The molecule has 2 aliphatic carbocycles. The van der Waals surface area contributed by atoms with Gasteiger partial charge in [0.25, 0.3) is 0 Å². The molecule has 4 rings (SSSR count). The van der Waals surface area contributed by atoms with Gasteiger partial charge in [-0.15, -0.1) is 0 Å². The molecule has 2 aliphatic rings. The number of carbonyl (C=O) groups is 1. The molecule has 1 heterocycles. The Labute approximate surface area is 135 Å². The predicted octanol–water partition coefficient (Wildman–Crippen LogP) is 3.50. The number of aromatic nitrogens is 2. The fourth-order valence-corrected chi connectivity index (χ4v) is 3.32. The summed E-state index contributed by atoms with van der Waals surface area (Å²) in [7, 11) is 1.87. The highest BCUT2D eigenvalue weighted by Gasteiger charge is 2.37. The Kier molecular flexibility index (Phi) is 3.30. The standard InChI is InChI=1S/C19H19N3O/c1-22-17-5-3-2-4-16(17)21-19(22)15(11-20)18(23)10-14(12-6-7-12)13-8-9-13/h2-5,10,12-13,15H,6-9H2,1H3. The second-order valence-corrected chi connectivity index (χ2v) is 6.68. The maximum atomic E-state index is 12.7. The fourth-order valence-electron chi connectivity index (χ4n) is 3.32. The molecule has 1 aromatic heterocycles. The minimum atomic E-state index is -0.820. The second kappa shape index (κ2) is 5.34. The highest BCUT2D eigenvalue weighted by Crippen LogP contribution is 2.48. The van der Waals surface area contributed by atoms with E-state index in [2.05, 4.69) is 11.1 Å². The molecule has 0 saturated heterocycles. The molecule has 1 aromatic carbocycles. The zero-order valence-electron chi connectivity index (χ0n) is 13.2. The predicted molar refractivity (Wildman–Crippen MR) is 87.6 cm³/mol. The van der Waals surface area contributed by atoms with Crippen LogP contribution in [0.25, 0.3) is 11.0 Å². The van der Waals surface area contributed by atoms with Gasteiger partial charge in [0.1, 0.15) is 5.82 Å². The molecule has 0 amide bonds. The maximum Gasteiger partial charge on any atom is 0.180 e. The van der Waals surface area contributed by atoms with E-state index in [0.717, 1.165) is 11.0 Å². The summed E-state index contributed by atoms with van der Waals surface area (Å²) >= 11 is 0. The van der Waals surface area contributed by atoms with Gasteiger partial charge >= 0.3 is 0 Å². The molecular weight excluding hydrogens is 286 g/mol. The molecule has 4 heteroatoms. The van der Waals surface area contributed by atoms with Crippen molar-refractivity contribution in [2.45, 2.75) is 31.6 Å². The van der Waals surface area contributed by atoms with Crippen LogP contribution in [0.1, 0.15) is 37.4 Å². The van der Waals surface area contributed by atoms with Gasteiger partial charge in [-0.1, -0.05) is 17.7 Å². The van der Waals surface area contributed by atoms with E-state index in [4.69, 9.17) is 0 Å². The zero-order chi connectivity index (χ0) is 16.0. The minimum absolute atomic E-state index is 0.111.